The van der Waals surface area contributed by atoms with Gasteiger partial charge in [-0.15, -0.1) is 0 Å². The van der Waals surface area contributed by atoms with Crippen molar-refractivity contribution in [2.45, 2.75) is 50.2 Å². The van der Waals surface area contributed by atoms with Gasteiger partial charge in [0, 0.05) is 13.0 Å². The molecule has 0 saturated heterocycles. The molecule has 1 aromatic carbocycles. The van der Waals surface area contributed by atoms with Crippen LogP contribution in [-0.4, -0.2) is 29.3 Å². The highest BCUT2D eigenvalue weighted by atomic mass is 16.5. The van der Waals surface area contributed by atoms with Crippen molar-refractivity contribution in [3.63, 3.8) is 0 Å². The fourth-order valence-electron chi connectivity index (χ4n) is 2.76. The number of nitrogens with two attached hydrogens (primary N) is 1. The van der Waals surface area contributed by atoms with Gasteiger partial charge in [-0.05, 0) is 37.7 Å². The van der Waals surface area contributed by atoms with Crippen LogP contribution in [0.4, 0.5) is 0 Å². The second kappa shape index (κ2) is 6.86. The standard InChI is InChI=1S/C16H23NO3/c17-16(15(18)19)10-4-9-14(12-16)20-11-5-8-13-6-2-1-3-7-13/h1-3,6-7,14H,4-5,8-12,17H2,(H,18,19). The van der Waals surface area contributed by atoms with Crippen molar-refractivity contribution in [1.82, 2.24) is 0 Å². The number of aliphatic carboxylic acids is 1. The summed E-state index contributed by atoms with van der Waals surface area (Å²) < 4.78 is 5.81. The zero-order valence-electron chi connectivity index (χ0n) is 11.8. The lowest BCUT2D eigenvalue weighted by Crippen LogP contribution is -2.52. The molecule has 0 aliphatic heterocycles. The van der Waals surface area contributed by atoms with Crippen LogP contribution in [0.5, 0.6) is 0 Å². The van der Waals surface area contributed by atoms with Crippen LogP contribution in [0.15, 0.2) is 30.3 Å². The van der Waals surface area contributed by atoms with Crippen molar-refractivity contribution >= 4 is 5.97 Å². The fraction of sp³-hybridized carbons (Fsp3) is 0.562. The van der Waals surface area contributed by atoms with E-state index in [2.05, 4.69) is 12.1 Å². The van der Waals surface area contributed by atoms with Gasteiger partial charge in [0.1, 0.15) is 5.54 Å². The van der Waals surface area contributed by atoms with Gasteiger partial charge >= 0.3 is 5.97 Å². The van der Waals surface area contributed by atoms with E-state index in [1.165, 1.54) is 5.56 Å². The smallest absolute Gasteiger partial charge is 0.323 e. The number of carbonyl (C=O) groups is 1. The van der Waals surface area contributed by atoms with E-state index >= 15 is 0 Å². The van der Waals surface area contributed by atoms with E-state index in [0.717, 1.165) is 25.7 Å². The second-order valence-corrected chi connectivity index (χ2v) is 5.64. The van der Waals surface area contributed by atoms with Crippen molar-refractivity contribution in [3.8, 4) is 0 Å². The van der Waals surface area contributed by atoms with Crippen LogP contribution in [0.1, 0.15) is 37.7 Å². The summed E-state index contributed by atoms with van der Waals surface area (Å²) in [6, 6.07) is 10.3. The number of aryl methyl sites for hydroxylation is 1. The van der Waals surface area contributed by atoms with E-state index in [1.54, 1.807) is 0 Å². The van der Waals surface area contributed by atoms with Gasteiger partial charge in [-0.25, -0.2) is 0 Å². The fourth-order valence-corrected chi connectivity index (χ4v) is 2.76. The first-order valence-corrected chi connectivity index (χ1v) is 7.28. The van der Waals surface area contributed by atoms with Crippen LogP contribution >= 0.6 is 0 Å². The molecule has 4 nitrogen and oxygen atoms in total. The quantitative estimate of drug-likeness (QED) is 0.783. The van der Waals surface area contributed by atoms with E-state index in [1.807, 2.05) is 18.2 Å². The van der Waals surface area contributed by atoms with Crippen LogP contribution in [0.2, 0.25) is 0 Å². The van der Waals surface area contributed by atoms with Crippen LogP contribution in [0.3, 0.4) is 0 Å². The molecule has 4 heteroatoms. The third-order valence-corrected chi connectivity index (χ3v) is 3.97. The van der Waals surface area contributed by atoms with E-state index in [9.17, 15) is 4.79 Å². The van der Waals surface area contributed by atoms with Gasteiger partial charge < -0.3 is 15.6 Å². The van der Waals surface area contributed by atoms with Crippen molar-refractivity contribution in [3.05, 3.63) is 35.9 Å². The molecule has 0 radical (unpaired) electrons. The van der Waals surface area contributed by atoms with Crippen LogP contribution in [0.25, 0.3) is 0 Å². The maximum Gasteiger partial charge on any atom is 0.323 e. The number of carboxylic acid groups (broad SMARTS) is 1. The maximum atomic E-state index is 11.2. The third-order valence-electron chi connectivity index (χ3n) is 3.97. The van der Waals surface area contributed by atoms with Crippen LogP contribution in [0, 0.1) is 0 Å². The van der Waals surface area contributed by atoms with Crippen molar-refractivity contribution in [2.75, 3.05) is 6.61 Å². The number of benzene rings is 1. The molecule has 3 N–H and O–H groups in total. The highest BCUT2D eigenvalue weighted by Gasteiger charge is 2.39. The summed E-state index contributed by atoms with van der Waals surface area (Å²) in [5.41, 5.74) is 6.12. The first-order valence-electron chi connectivity index (χ1n) is 7.28. The predicted molar refractivity (Wildman–Crippen MR) is 77.5 cm³/mol. The Morgan fingerprint density at radius 3 is 2.85 bits per heavy atom. The second-order valence-electron chi connectivity index (χ2n) is 5.64. The third kappa shape index (κ3) is 4.05. The molecule has 2 rings (SSSR count). The largest absolute Gasteiger partial charge is 0.480 e. The minimum atomic E-state index is -1.09. The van der Waals surface area contributed by atoms with E-state index in [4.69, 9.17) is 15.6 Å². The van der Waals surface area contributed by atoms with Crippen LogP contribution in [-0.2, 0) is 16.0 Å². The van der Waals surface area contributed by atoms with Gasteiger partial charge in [-0.3, -0.25) is 4.79 Å². The van der Waals surface area contributed by atoms with Gasteiger partial charge in [0.25, 0.3) is 0 Å². The van der Waals surface area contributed by atoms with E-state index in [-0.39, 0.29) is 6.10 Å². The minimum absolute atomic E-state index is 0.0133. The average molecular weight is 277 g/mol. The molecule has 0 aromatic heterocycles. The number of hydrogen-bond donors (Lipinski definition) is 2. The lowest BCUT2D eigenvalue weighted by molar-refractivity contribution is -0.147. The summed E-state index contributed by atoms with van der Waals surface area (Å²) in [5.74, 6) is -0.907. The lowest BCUT2D eigenvalue weighted by atomic mass is 9.81. The van der Waals surface area contributed by atoms with Gasteiger partial charge in [0.15, 0.2) is 0 Å². The Morgan fingerprint density at radius 1 is 1.40 bits per heavy atom. The molecule has 0 amide bonds. The monoisotopic (exact) mass is 277 g/mol. The molecule has 0 bridgehead atoms. The average Bonchev–Trinajstić information content (AvgIpc) is 2.45. The number of hydrogen-bond acceptors (Lipinski definition) is 3. The molecule has 0 heterocycles. The summed E-state index contributed by atoms with van der Waals surface area (Å²) in [4.78, 5) is 11.2. The van der Waals surface area contributed by atoms with E-state index < -0.39 is 11.5 Å². The molecule has 1 fully saturated rings. The molecule has 20 heavy (non-hydrogen) atoms. The van der Waals surface area contributed by atoms with Crippen molar-refractivity contribution in [1.29, 1.82) is 0 Å². The SMILES string of the molecule is NC1(C(=O)O)CCCC(OCCCc2ccccc2)C1. The highest BCUT2D eigenvalue weighted by Crippen LogP contribution is 2.28. The summed E-state index contributed by atoms with van der Waals surface area (Å²) in [7, 11) is 0. The predicted octanol–water partition coefficient (Wildman–Crippen LogP) is 2.36. The Balaban J connectivity index is 1.70. The van der Waals surface area contributed by atoms with Crippen molar-refractivity contribution < 1.29 is 14.6 Å². The first kappa shape index (κ1) is 15.0. The zero-order valence-corrected chi connectivity index (χ0v) is 11.8. The lowest BCUT2D eigenvalue weighted by Gasteiger charge is -2.34. The Morgan fingerprint density at radius 2 is 2.15 bits per heavy atom. The summed E-state index contributed by atoms with van der Waals surface area (Å²) in [6.07, 6.45) is 4.63. The minimum Gasteiger partial charge on any atom is -0.480 e. The molecule has 110 valence electrons. The molecular formula is C16H23NO3. The molecule has 1 aliphatic carbocycles. The van der Waals surface area contributed by atoms with Gasteiger partial charge in [-0.2, -0.15) is 0 Å². The molecular weight excluding hydrogens is 254 g/mol. The molecule has 0 spiro atoms. The number of rotatable bonds is 6. The summed E-state index contributed by atoms with van der Waals surface area (Å²) in [5, 5.41) is 9.15. The Hall–Kier alpha value is -1.39. The number of carboxylic acids is 1. The zero-order chi connectivity index (χ0) is 14.4. The van der Waals surface area contributed by atoms with Gasteiger partial charge in [0.05, 0.1) is 6.10 Å². The highest BCUT2D eigenvalue weighted by molar-refractivity contribution is 5.78. The maximum absolute atomic E-state index is 11.2. The van der Waals surface area contributed by atoms with E-state index in [0.29, 0.717) is 19.4 Å². The normalized spacial score (nSPS) is 26.4. The van der Waals surface area contributed by atoms with Crippen LogP contribution < -0.4 is 5.73 Å². The molecule has 1 aliphatic rings. The first-order chi connectivity index (χ1) is 9.60. The Bertz CT molecular complexity index is 435. The van der Waals surface area contributed by atoms with Crippen molar-refractivity contribution in [2.24, 2.45) is 5.73 Å². The Kier molecular flexibility index (Phi) is 5.15. The molecule has 2 unspecified atom stereocenters. The molecule has 2 atom stereocenters. The summed E-state index contributed by atoms with van der Waals surface area (Å²) in [6.45, 7) is 0.662. The molecule has 1 saturated carbocycles. The topological polar surface area (TPSA) is 72.6 Å². The molecule has 1 aromatic rings. The van der Waals surface area contributed by atoms with Gasteiger partial charge in [0.2, 0.25) is 0 Å². The Labute approximate surface area is 119 Å². The summed E-state index contributed by atoms with van der Waals surface area (Å²) >= 11 is 0. The number of ether oxygens (including phenoxy) is 1. The van der Waals surface area contributed by atoms with Gasteiger partial charge in [-0.1, -0.05) is 30.3 Å².